The van der Waals surface area contributed by atoms with Gasteiger partial charge in [-0.25, -0.2) is 4.79 Å². The fourth-order valence-electron chi connectivity index (χ4n) is 4.01. The minimum absolute atomic E-state index is 0.229. The number of anilines is 1. The molecular weight excluding hydrogens is 436 g/mol. The number of carbonyl (C=O) groups is 1. The topological polar surface area (TPSA) is 80.5 Å². The van der Waals surface area contributed by atoms with Crippen molar-refractivity contribution in [2.24, 2.45) is 0 Å². The summed E-state index contributed by atoms with van der Waals surface area (Å²) in [6, 6.07) is 18.6. The number of allylic oxidation sites excluding steroid dienone is 1. The van der Waals surface area contributed by atoms with Gasteiger partial charge in [-0.1, -0.05) is 35.5 Å². The third kappa shape index (κ3) is 3.89. The van der Waals surface area contributed by atoms with Gasteiger partial charge in [0.15, 0.2) is 0 Å². The highest BCUT2D eigenvalue weighted by atomic mass is 32.1. The Morgan fingerprint density at radius 2 is 1.94 bits per heavy atom. The molecule has 33 heavy (non-hydrogen) atoms. The zero-order chi connectivity index (χ0) is 22.9. The van der Waals surface area contributed by atoms with E-state index in [4.69, 9.17) is 9.26 Å². The predicted molar refractivity (Wildman–Crippen MR) is 128 cm³/mol. The normalized spacial score (nSPS) is 16.2. The van der Waals surface area contributed by atoms with E-state index >= 15 is 0 Å². The summed E-state index contributed by atoms with van der Waals surface area (Å²) in [6.07, 6.45) is 0. The number of nitrogens with one attached hydrogen (secondary N) is 1. The largest absolute Gasteiger partial charge is 0.497 e. The van der Waals surface area contributed by atoms with Crippen LogP contribution in [0.1, 0.15) is 30.0 Å². The second-order valence-electron chi connectivity index (χ2n) is 7.73. The van der Waals surface area contributed by atoms with Gasteiger partial charge in [-0.3, -0.25) is 4.90 Å². The van der Waals surface area contributed by atoms with Gasteiger partial charge in [-0.05, 0) is 60.7 Å². The van der Waals surface area contributed by atoms with Crippen molar-refractivity contribution in [1.82, 2.24) is 15.5 Å². The second-order valence-corrected chi connectivity index (χ2v) is 8.68. The minimum Gasteiger partial charge on any atom is -0.497 e. The van der Waals surface area contributed by atoms with Crippen LogP contribution in [0.15, 0.2) is 76.3 Å². The fourth-order valence-corrected chi connectivity index (χ4v) is 4.66. The number of amides is 2. The molecule has 3 heterocycles. The maximum atomic E-state index is 13.3. The number of hydrogen-bond acceptors (Lipinski definition) is 6. The van der Waals surface area contributed by atoms with Crippen molar-refractivity contribution in [1.29, 1.82) is 0 Å². The first-order valence-electron chi connectivity index (χ1n) is 10.4. The first-order valence-corrected chi connectivity index (χ1v) is 11.3. The summed E-state index contributed by atoms with van der Waals surface area (Å²) in [5.41, 5.74) is 4.14. The zero-order valence-electron chi connectivity index (χ0n) is 18.4. The van der Waals surface area contributed by atoms with Crippen LogP contribution in [0.4, 0.5) is 10.5 Å². The van der Waals surface area contributed by atoms with Crippen LogP contribution in [0.2, 0.25) is 0 Å². The fraction of sp³-hybridized carbons (Fsp3) is 0.160. The van der Waals surface area contributed by atoms with Crippen LogP contribution >= 0.6 is 11.3 Å². The van der Waals surface area contributed by atoms with Crippen molar-refractivity contribution in [2.45, 2.75) is 19.9 Å². The molecule has 2 aromatic carbocycles. The highest BCUT2D eigenvalue weighted by molar-refractivity contribution is 7.13. The lowest BCUT2D eigenvalue weighted by Gasteiger charge is -2.35. The summed E-state index contributed by atoms with van der Waals surface area (Å²) in [6.45, 7) is 3.90. The summed E-state index contributed by atoms with van der Waals surface area (Å²) in [4.78, 5) is 20.5. The molecule has 7 nitrogen and oxygen atoms in total. The summed E-state index contributed by atoms with van der Waals surface area (Å²) in [7, 11) is 1.62. The molecule has 1 unspecified atom stereocenters. The van der Waals surface area contributed by atoms with Gasteiger partial charge >= 0.3 is 6.03 Å². The summed E-state index contributed by atoms with van der Waals surface area (Å²) in [5, 5.41) is 9.29. The Balaban J connectivity index is 1.67. The summed E-state index contributed by atoms with van der Waals surface area (Å²) < 4.78 is 11.1. The van der Waals surface area contributed by atoms with Gasteiger partial charge in [0.05, 0.1) is 29.3 Å². The third-order valence-corrected chi connectivity index (χ3v) is 6.44. The van der Waals surface area contributed by atoms with Crippen LogP contribution in [-0.2, 0) is 0 Å². The Labute approximate surface area is 195 Å². The number of rotatable bonds is 5. The molecule has 166 valence electrons. The number of hydrogen-bond donors (Lipinski definition) is 1. The number of ether oxygens (including phenoxy) is 1. The molecule has 8 heteroatoms. The molecule has 0 spiro atoms. The van der Waals surface area contributed by atoms with E-state index in [1.54, 1.807) is 23.3 Å². The van der Waals surface area contributed by atoms with E-state index in [0.717, 1.165) is 33.0 Å². The van der Waals surface area contributed by atoms with E-state index in [2.05, 4.69) is 15.5 Å². The van der Waals surface area contributed by atoms with E-state index in [0.29, 0.717) is 17.5 Å². The number of thiophene rings is 1. The van der Waals surface area contributed by atoms with Crippen molar-refractivity contribution in [3.63, 3.8) is 0 Å². The SMILES string of the molecule is COc1cccc(C2NC(=O)N(c3cccc(C)c3)C(C)=C2c2nc(-c3cccs3)no2)c1. The van der Waals surface area contributed by atoms with Gasteiger partial charge < -0.3 is 14.6 Å². The molecule has 0 saturated heterocycles. The first-order chi connectivity index (χ1) is 16.0. The van der Waals surface area contributed by atoms with E-state index in [1.165, 1.54) is 0 Å². The van der Waals surface area contributed by atoms with Crippen molar-refractivity contribution in [3.8, 4) is 16.5 Å². The molecule has 2 amide bonds. The van der Waals surface area contributed by atoms with Gasteiger partial charge in [0, 0.05) is 5.70 Å². The molecule has 1 aliphatic rings. The van der Waals surface area contributed by atoms with Crippen molar-refractivity contribution in [2.75, 3.05) is 12.0 Å². The van der Waals surface area contributed by atoms with Crippen LogP contribution in [0.25, 0.3) is 16.3 Å². The molecule has 0 bridgehead atoms. The molecule has 1 aliphatic heterocycles. The Morgan fingerprint density at radius 3 is 2.70 bits per heavy atom. The molecule has 0 aliphatic carbocycles. The predicted octanol–water partition coefficient (Wildman–Crippen LogP) is 5.82. The Bertz CT molecular complexity index is 1340. The maximum absolute atomic E-state index is 13.3. The molecule has 4 aromatic rings. The van der Waals surface area contributed by atoms with Crippen LogP contribution in [0.3, 0.4) is 0 Å². The van der Waals surface area contributed by atoms with Gasteiger partial charge in [-0.15, -0.1) is 11.3 Å². The summed E-state index contributed by atoms with van der Waals surface area (Å²) >= 11 is 1.54. The molecule has 5 rings (SSSR count). The summed E-state index contributed by atoms with van der Waals surface area (Å²) in [5.74, 6) is 1.58. The van der Waals surface area contributed by atoms with Gasteiger partial charge in [0.1, 0.15) is 5.75 Å². The lowest BCUT2D eigenvalue weighted by molar-refractivity contribution is 0.244. The van der Waals surface area contributed by atoms with Crippen LogP contribution < -0.4 is 15.0 Å². The number of carbonyl (C=O) groups excluding carboxylic acids is 1. The molecule has 2 aromatic heterocycles. The second kappa shape index (κ2) is 8.55. The number of nitrogens with zero attached hydrogens (tertiary/aromatic N) is 3. The minimum atomic E-state index is -0.481. The Morgan fingerprint density at radius 1 is 1.09 bits per heavy atom. The van der Waals surface area contributed by atoms with Crippen molar-refractivity contribution < 1.29 is 14.1 Å². The Kier molecular flexibility index (Phi) is 5.43. The number of methoxy groups -OCH3 is 1. The average Bonchev–Trinajstić information content (AvgIpc) is 3.51. The zero-order valence-corrected chi connectivity index (χ0v) is 19.2. The monoisotopic (exact) mass is 458 g/mol. The van der Waals surface area contributed by atoms with Crippen molar-refractivity contribution >= 4 is 28.6 Å². The molecule has 1 N–H and O–H groups in total. The van der Waals surface area contributed by atoms with Gasteiger partial charge in [-0.2, -0.15) is 4.98 Å². The maximum Gasteiger partial charge on any atom is 0.326 e. The van der Waals surface area contributed by atoms with Crippen LogP contribution in [-0.4, -0.2) is 23.3 Å². The smallest absolute Gasteiger partial charge is 0.326 e. The van der Waals surface area contributed by atoms with E-state index < -0.39 is 6.04 Å². The Hall–Kier alpha value is -3.91. The highest BCUT2D eigenvalue weighted by Gasteiger charge is 2.36. The van der Waals surface area contributed by atoms with Gasteiger partial charge in [0.2, 0.25) is 5.82 Å². The molecular formula is C25H22N4O3S. The number of urea groups is 1. The van der Waals surface area contributed by atoms with Crippen LogP contribution in [0, 0.1) is 6.92 Å². The van der Waals surface area contributed by atoms with E-state index in [1.807, 2.05) is 79.9 Å². The van der Waals surface area contributed by atoms with Crippen LogP contribution in [0.5, 0.6) is 5.75 Å². The molecule has 0 fully saturated rings. The number of aryl methyl sites for hydroxylation is 1. The lowest BCUT2D eigenvalue weighted by atomic mass is 9.94. The first kappa shape index (κ1) is 21.0. The highest BCUT2D eigenvalue weighted by Crippen LogP contribution is 2.40. The number of benzene rings is 2. The van der Waals surface area contributed by atoms with Crippen molar-refractivity contribution in [3.05, 3.63) is 88.8 Å². The average molecular weight is 459 g/mol. The number of aromatic nitrogens is 2. The quantitative estimate of drug-likeness (QED) is 0.408. The molecule has 0 radical (unpaired) electrons. The van der Waals surface area contributed by atoms with E-state index in [-0.39, 0.29) is 6.03 Å². The van der Waals surface area contributed by atoms with E-state index in [9.17, 15) is 4.79 Å². The molecule has 0 saturated carbocycles. The third-order valence-electron chi connectivity index (χ3n) is 5.57. The molecule has 1 atom stereocenters. The lowest BCUT2D eigenvalue weighted by Crippen LogP contribution is -2.46. The van der Waals surface area contributed by atoms with Gasteiger partial charge in [0.25, 0.3) is 5.89 Å². The standard InChI is InChI=1S/C25H22N4O3S/c1-15-7-4-9-18(13-15)29-16(2)21(24-27-23(28-32-24)20-11-6-12-33-20)22(26-25(29)30)17-8-5-10-19(14-17)31-3/h4-14,22H,1-3H3,(H,26,30).